The van der Waals surface area contributed by atoms with Crippen molar-refractivity contribution < 1.29 is 23.3 Å². The summed E-state index contributed by atoms with van der Waals surface area (Å²) >= 11 is 0. The van der Waals surface area contributed by atoms with Gasteiger partial charge in [-0.15, -0.1) is 0 Å². The standard InChI is InChI=1S/C8H21O5PSi/c1-8(2,3)15(4,5)13-7-6-12-14(9,10)11/h6-7H2,1-5H3,(H2,9,10,11). The average Bonchev–Trinajstić information content (AvgIpc) is 1.94. The quantitative estimate of drug-likeness (QED) is 0.447. The lowest BCUT2D eigenvalue weighted by Crippen LogP contribution is -2.41. The molecule has 0 radical (unpaired) electrons. The van der Waals surface area contributed by atoms with Crippen molar-refractivity contribution in [2.45, 2.75) is 38.9 Å². The van der Waals surface area contributed by atoms with Crippen molar-refractivity contribution in [3.05, 3.63) is 0 Å². The van der Waals surface area contributed by atoms with E-state index in [-0.39, 0.29) is 18.3 Å². The van der Waals surface area contributed by atoms with Crippen molar-refractivity contribution in [2.24, 2.45) is 0 Å². The summed E-state index contributed by atoms with van der Waals surface area (Å²) in [5.41, 5.74) is 0. The van der Waals surface area contributed by atoms with Gasteiger partial charge in [0.15, 0.2) is 8.32 Å². The Bertz CT molecular complexity index is 242. The van der Waals surface area contributed by atoms with Gasteiger partial charge >= 0.3 is 7.82 Å². The molecule has 0 aliphatic rings. The zero-order valence-corrected chi connectivity index (χ0v) is 11.9. The largest absolute Gasteiger partial charge is 0.469 e. The van der Waals surface area contributed by atoms with Crippen LogP contribution in [-0.4, -0.2) is 31.3 Å². The number of rotatable bonds is 5. The third kappa shape index (κ3) is 6.45. The van der Waals surface area contributed by atoms with E-state index < -0.39 is 16.1 Å². The van der Waals surface area contributed by atoms with Gasteiger partial charge in [0, 0.05) is 0 Å². The van der Waals surface area contributed by atoms with Crippen LogP contribution in [0.2, 0.25) is 18.1 Å². The second-order valence-corrected chi connectivity index (χ2v) is 11.0. The third-order valence-electron chi connectivity index (χ3n) is 2.61. The minimum absolute atomic E-state index is 0.0726. The predicted molar refractivity (Wildman–Crippen MR) is 61.1 cm³/mol. The molecule has 7 heteroatoms. The molecule has 0 aliphatic carbocycles. The Labute approximate surface area is 92.2 Å². The van der Waals surface area contributed by atoms with Crippen LogP contribution in [-0.2, 0) is 13.5 Å². The van der Waals surface area contributed by atoms with Crippen molar-refractivity contribution in [3.63, 3.8) is 0 Å². The smallest absolute Gasteiger partial charge is 0.414 e. The molecule has 0 bridgehead atoms. The molecule has 0 unspecified atom stereocenters. The van der Waals surface area contributed by atoms with Crippen molar-refractivity contribution in [1.82, 2.24) is 0 Å². The van der Waals surface area contributed by atoms with Crippen LogP contribution in [0, 0.1) is 0 Å². The molecule has 5 nitrogen and oxygen atoms in total. The number of hydrogen-bond acceptors (Lipinski definition) is 3. The maximum atomic E-state index is 10.4. The first-order chi connectivity index (χ1) is 6.46. The van der Waals surface area contributed by atoms with Crippen LogP contribution in [0.5, 0.6) is 0 Å². The van der Waals surface area contributed by atoms with E-state index in [2.05, 4.69) is 38.4 Å². The molecule has 0 heterocycles. The lowest BCUT2D eigenvalue weighted by molar-refractivity contribution is 0.154. The molecular weight excluding hydrogens is 235 g/mol. The molecule has 0 aromatic rings. The molecule has 0 aromatic heterocycles. The highest BCUT2D eigenvalue weighted by Gasteiger charge is 2.36. The maximum Gasteiger partial charge on any atom is 0.469 e. The van der Waals surface area contributed by atoms with E-state index in [4.69, 9.17) is 14.2 Å². The molecule has 0 aromatic carbocycles. The van der Waals surface area contributed by atoms with Crippen molar-refractivity contribution in [1.29, 1.82) is 0 Å². The van der Waals surface area contributed by atoms with Crippen molar-refractivity contribution in [3.8, 4) is 0 Å². The van der Waals surface area contributed by atoms with E-state index >= 15 is 0 Å². The van der Waals surface area contributed by atoms with Crippen LogP contribution in [0.15, 0.2) is 0 Å². The highest BCUT2D eigenvalue weighted by atomic mass is 31.2. The fourth-order valence-electron chi connectivity index (χ4n) is 0.670. The van der Waals surface area contributed by atoms with E-state index in [1.54, 1.807) is 0 Å². The maximum absolute atomic E-state index is 10.4. The van der Waals surface area contributed by atoms with Crippen LogP contribution in [0.1, 0.15) is 20.8 Å². The van der Waals surface area contributed by atoms with E-state index in [0.29, 0.717) is 0 Å². The molecule has 0 fully saturated rings. The first-order valence-electron chi connectivity index (χ1n) is 4.80. The number of phosphoric acid groups is 1. The Morgan fingerprint density at radius 3 is 2.00 bits per heavy atom. The Balaban J connectivity index is 3.92. The van der Waals surface area contributed by atoms with Gasteiger partial charge in [0.25, 0.3) is 0 Å². The SMILES string of the molecule is CC(C)(C)[Si](C)(C)OCCOP(=O)(O)O. The number of hydrogen-bond donors (Lipinski definition) is 2. The lowest BCUT2D eigenvalue weighted by Gasteiger charge is -2.36. The summed E-state index contributed by atoms with van der Waals surface area (Å²) in [5.74, 6) is 0. The van der Waals surface area contributed by atoms with Gasteiger partial charge in [-0.05, 0) is 18.1 Å². The average molecular weight is 256 g/mol. The molecule has 0 saturated heterocycles. The Morgan fingerprint density at radius 1 is 1.20 bits per heavy atom. The van der Waals surface area contributed by atoms with Gasteiger partial charge in [0.05, 0.1) is 13.2 Å². The van der Waals surface area contributed by atoms with Gasteiger partial charge in [0.1, 0.15) is 0 Å². The summed E-state index contributed by atoms with van der Waals surface area (Å²) in [6, 6.07) is 0. The summed E-state index contributed by atoms with van der Waals surface area (Å²) in [6.45, 7) is 10.6. The van der Waals surface area contributed by atoms with E-state index in [0.717, 1.165) is 0 Å². The third-order valence-corrected chi connectivity index (χ3v) is 7.67. The molecule has 15 heavy (non-hydrogen) atoms. The summed E-state index contributed by atoms with van der Waals surface area (Å²) < 4.78 is 20.3. The van der Waals surface area contributed by atoms with Gasteiger partial charge in [-0.3, -0.25) is 4.52 Å². The second-order valence-electron chi connectivity index (χ2n) is 4.93. The normalized spacial score (nSPS) is 14.3. The van der Waals surface area contributed by atoms with Crippen LogP contribution < -0.4 is 0 Å². The zero-order chi connectivity index (χ0) is 12.3. The minimum atomic E-state index is -4.35. The molecule has 2 N–H and O–H groups in total. The van der Waals surface area contributed by atoms with Crippen molar-refractivity contribution >= 4 is 16.1 Å². The Hall–Kier alpha value is 0.287. The van der Waals surface area contributed by atoms with Crippen LogP contribution in [0.25, 0.3) is 0 Å². The topological polar surface area (TPSA) is 76.0 Å². The fourth-order valence-corrected chi connectivity index (χ4v) is 2.01. The molecule has 0 spiro atoms. The predicted octanol–water partition coefficient (Wildman–Crippen LogP) is 2.12. The summed E-state index contributed by atoms with van der Waals surface area (Å²) in [6.07, 6.45) is 0. The van der Waals surface area contributed by atoms with E-state index in [1.807, 2.05) is 0 Å². The lowest BCUT2D eigenvalue weighted by atomic mass is 10.2. The number of phosphoric ester groups is 1. The zero-order valence-electron chi connectivity index (χ0n) is 9.98. The van der Waals surface area contributed by atoms with Crippen LogP contribution in [0.4, 0.5) is 0 Å². The molecule has 0 rings (SSSR count). The van der Waals surface area contributed by atoms with Gasteiger partial charge in [-0.25, -0.2) is 4.57 Å². The van der Waals surface area contributed by atoms with E-state index in [9.17, 15) is 4.57 Å². The molecule has 0 aliphatic heterocycles. The van der Waals surface area contributed by atoms with Gasteiger partial charge in [-0.1, -0.05) is 20.8 Å². The van der Waals surface area contributed by atoms with Crippen molar-refractivity contribution in [2.75, 3.05) is 13.2 Å². The molecular formula is C8H21O5PSi. The van der Waals surface area contributed by atoms with Gasteiger partial charge in [-0.2, -0.15) is 0 Å². The highest BCUT2D eigenvalue weighted by molar-refractivity contribution is 7.46. The summed E-state index contributed by atoms with van der Waals surface area (Å²) in [4.78, 5) is 16.9. The fraction of sp³-hybridized carbons (Fsp3) is 1.00. The first kappa shape index (κ1) is 15.3. The first-order valence-corrected chi connectivity index (χ1v) is 9.24. The summed E-state index contributed by atoms with van der Waals surface area (Å²) in [5, 5.41) is 0.0924. The van der Waals surface area contributed by atoms with Gasteiger partial charge < -0.3 is 14.2 Å². The highest BCUT2D eigenvalue weighted by Crippen LogP contribution is 2.37. The van der Waals surface area contributed by atoms with Gasteiger partial charge in [0.2, 0.25) is 0 Å². The molecule has 0 saturated carbocycles. The second kappa shape index (κ2) is 5.08. The Morgan fingerprint density at radius 2 is 1.67 bits per heavy atom. The Kier molecular flexibility index (Phi) is 5.18. The van der Waals surface area contributed by atoms with E-state index in [1.165, 1.54) is 0 Å². The van der Waals surface area contributed by atoms with Crippen LogP contribution >= 0.6 is 7.82 Å². The minimum Gasteiger partial charge on any atom is -0.414 e. The molecule has 0 amide bonds. The molecule has 92 valence electrons. The van der Waals surface area contributed by atoms with Crippen LogP contribution in [0.3, 0.4) is 0 Å². The monoisotopic (exact) mass is 256 g/mol. The summed E-state index contributed by atoms with van der Waals surface area (Å²) in [7, 11) is -6.19. The molecule has 0 atom stereocenters.